The van der Waals surface area contributed by atoms with E-state index in [1.807, 2.05) is 0 Å². The fourth-order valence-electron chi connectivity index (χ4n) is 2.18. The molecule has 1 aliphatic heterocycles. The number of nitrogens with zero attached hydrogens (tertiary/aromatic N) is 1. The van der Waals surface area contributed by atoms with Crippen LogP contribution in [0.25, 0.3) is 0 Å². The van der Waals surface area contributed by atoms with Crippen LogP contribution in [0.3, 0.4) is 0 Å². The van der Waals surface area contributed by atoms with Gasteiger partial charge in [-0.2, -0.15) is 5.26 Å². The van der Waals surface area contributed by atoms with Crippen LogP contribution >= 0.6 is 0 Å². The molecule has 0 bridgehead atoms. The lowest BCUT2D eigenvalue weighted by atomic mass is 10.1. The van der Waals surface area contributed by atoms with Crippen molar-refractivity contribution in [2.75, 3.05) is 0 Å². The predicted octanol–water partition coefficient (Wildman–Crippen LogP) is 1.47. The van der Waals surface area contributed by atoms with Gasteiger partial charge in [0.15, 0.2) is 0 Å². The summed E-state index contributed by atoms with van der Waals surface area (Å²) in [5.41, 5.74) is 0.527. The van der Waals surface area contributed by atoms with E-state index in [2.05, 4.69) is 4.89 Å². The lowest BCUT2D eigenvalue weighted by Gasteiger charge is -2.22. The minimum Gasteiger partial charge on any atom is -0.299 e. The first-order valence-corrected chi connectivity index (χ1v) is 5.94. The molecule has 0 aliphatic carbocycles. The maximum Gasteiger partial charge on any atom is 0.364 e. The summed E-state index contributed by atoms with van der Waals surface area (Å²) in [6.45, 7) is 1.80. The maximum atomic E-state index is 12.2. The van der Waals surface area contributed by atoms with Gasteiger partial charge in [-0.15, -0.1) is 0 Å². The minimum absolute atomic E-state index is 0.241. The van der Waals surface area contributed by atoms with E-state index in [1.54, 1.807) is 19.1 Å². The molecule has 6 nitrogen and oxygen atoms in total. The van der Waals surface area contributed by atoms with Gasteiger partial charge >= 0.3 is 5.97 Å². The van der Waals surface area contributed by atoms with Crippen molar-refractivity contribution in [3.8, 4) is 0 Å². The fraction of sp³-hybridized carbons (Fsp3) is 0.308. The average Bonchev–Trinajstić information content (AvgIpc) is 2.68. The maximum absolute atomic E-state index is 12.2. The van der Waals surface area contributed by atoms with E-state index in [1.165, 1.54) is 12.1 Å². The van der Waals surface area contributed by atoms with Crippen LogP contribution in [-0.4, -0.2) is 34.0 Å². The fourth-order valence-corrected chi connectivity index (χ4v) is 2.18. The Labute approximate surface area is 109 Å². The van der Waals surface area contributed by atoms with Crippen molar-refractivity contribution in [1.29, 1.82) is 0 Å². The summed E-state index contributed by atoms with van der Waals surface area (Å²) in [6.07, 6.45) is 0.804. The molecule has 2 amide bonds. The van der Waals surface area contributed by atoms with E-state index >= 15 is 0 Å². The van der Waals surface area contributed by atoms with Crippen LogP contribution in [0.15, 0.2) is 24.3 Å². The topological polar surface area (TPSA) is 83.9 Å². The molecule has 1 N–H and O–H groups in total. The van der Waals surface area contributed by atoms with Gasteiger partial charge < -0.3 is 0 Å². The highest BCUT2D eigenvalue weighted by molar-refractivity contribution is 6.22. The molecule has 0 spiro atoms. The van der Waals surface area contributed by atoms with Crippen molar-refractivity contribution in [2.24, 2.45) is 0 Å². The Kier molecular flexibility index (Phi) is 3.62. The third kappa shape index (κ3) is 2.10. The molecule has 19 heavy (non-hydrogen) atoms. The van der Waals surface area contributed by atoms with Gasteiger partial charge in [-0.3, -0.25) is 19.4 Å². The van der Waals surface area contributed by atoms with E-state index in [-0.39, 0.29) is 17.5 Å². The van der Waals surface area contributed by atoms with Crippen molar-refractivity contribution in [2.45, 2.75) is 25.8 Å². The Balaban J connectivity index is 2.39. The number of fused-ring (bicyclic) bond motifs is 1. The number of amides is 2. The molecule has 1 aromatic rings. The second kappa shape index (κ2) is 5.19. The summed E-state index contributed by atoms with van der Waals surface area (Å²) < 4.78 is 0. The third-order valence-electron chi connectivity index (χ3n) is 3.06. The lowest BCUT2D eigenvalue weighted by molar-refractivity contribution is -0.238. The van der Waals surface area contributed by atoms with Gasteiger partial charge in [0.1, 0.15) is 6.04 Å². The number of carbonyl (C=O) groups excluding carboxylic acids is 3. The van der Waals surface area contributed by atoms with Gasteiger partial charge in [0, 0.05) is 0 Å². The highest BCUT2D eigenvalue weighted by Gasteiger charge is 2.43. The molecule has 1 unspecified atom stereocenters. The van der Waals surface area contributed by atoms with Crippen LogP contribution in [-0.2, 0) is 9.68 Å². The zero-order valence-electron chi connectivity index (χ0n) is 10.3. The Morgan fingerprint density at radius 2 is 1.79 bits per heavy atom. The Morgan fingerprint density at radius 3 is 2.21 bits per heavy atom. The third-order valence-corrected chi connectivity index (χ3v) is 3.06. The summed E-state index contributed by atoms with van der Waals surface area (Å²) >= 11 is 0. The van der Waals surface area contributed by atoms with E-state index in [0.717, 1.165) is 4.90 Å². The smallest absolute Gasteiger partial charge is 0.299 e. The number of hydrogen-bond acceptors (Lipinski definition) is 5. The first kappa shape index (κ1) is 13.2. The standard InChI is InChI=1S/C13H13NO5/c1-2-5-10(13(17)19-18)14-11(15)8-6-3-4-7-9(8)12(14)16/h3-4,6-7,10,18H,2,5H2,1H3. The Morgan fingerprint density at radius 1 is 1.26 bits per heavy atom. The summed E-state index contributed by atoms with van der Waals surface area (Å²) in [6, 6.07) is 5.26. The first-order chi connectivity index (χ1) is 9.11. The monoisotopic (exact) mass is 263 g/mol. The van der Waals surface area contributed by atoms with Crippen molar-refractivity contribution < 1.29 is 24.5 Å². The highest BCUT2D eigenvalue weighted by Crippen LogP contribution is 2.26. The highest BCUT2D eigenvalue weighted by atomic mass is 17.1. The van der Waals surface area contributed by atoms with Gasteiger partial charge in [0.2, 0.25) is 0 Å². The van der Waals surface area contributed by atoms with Crippen LogP contribution in [0.1, 0.15) is 40.5 Å². The number of hydrogen-bond donors (Lipinski definition) is 1. The van der Waals surface area contributed by atoms with Crippen molar-refractivity contribution >= 4 is 17.8 Å². The molecule has 0 fully saturated rings. The Hall–Kier alpha value is -2.21. The number of rotatable bonds is 4. The molecule has 2 rings (SSSR count). The van der Waals surface area contributed by atoms with Crippen LogP contribution in [0.4, 0.5) is 0 Å². The molecule has 1 atom stereocenters. The molecule has 6 heteroatoms. The zero-order valence-corrected chi connectivity index (χ0v) is 10.3. The minimum atomic E-state index is -1.10. The molecule has 100 valence electrons. The number of imide groups is 1. The first-order valence-electron chi connectivity index (χ1n) is 5.94. The predicted molar refractivity (Wildman–Crippen MR) is 64.4 cm³/mol. The molecule has 0 saturated carbocycles. The molecule has 0 aromatic heterocycles. The largest absolute Gasteiger partial charge is 0.364 e. The lowest BCUT2D eigenvalue weighted by Crippen LogP contribution is -2.45. The molecular formula is C13H13NO5. The summed E-state index contributed by atoms with van der Waals surface area (Å²) in [4.78, 5) is 40.4. The summed E-state index contributed by atoms with van der Waals surface area (Å²) in [5, 5.41) is 8.48. The number of benzene rings is 1. The zero-order chi connectivity index (χ0) is 14.0. The molecule has 1 aromatic carbocycles. The average molecular weight is 263 g/mol. The molecule has 0 saturated heterocycles. The molecule has 1 heterocycles. The normalized spacial score (nSPS) is 15.4. The van der Waals surface area contributed by atoms with Crippen molar-refractivity contribution in [3.05, 3.63) is 35.4 Å². The molecule has 1 aliphatic rings. The molecule has 0 radical (unpaired) electrons. The van der Waals surface area contributed by atoms with Crippen LogP contribution in [0.2, 0.25) is 0 Å². The van der Waals surface area contributed by atoms with Crippen LogP contribution in [0, 0.1) is 0 Å². The van der Waals surface area contributed by atoms with E-state index in [0.29, 0.717) is 6.42 Å². The van der Waals surface area contributed by atoms with Gasteiger partial charge in [0.25, 0.3) is 11.8 Å². The quantitative estimate of drug-likeness (QED) is 0.505. The second-order valence-corrected chi connectivity index (χ2v) is 4.24. The second-order valence-electron chi connectivity index (χ2n) is 4.24. The van der Waals surface area contributed by atoms with Gasteiger partial charge in [-0.05, 0) is 18.6 Å². The van der Waals surface area contributed by atoms with Crippen molar-refractivity contribution in [3.63, 3.8) is 0 Å². The van der Waals surface area contributed by atoms with Crippen LogP contribution < -0.4 is 0 Å². The van der Waals surface area contributed by atoms with E-state index in [9.17, 15) is 14.4 Å². The SMILES string of the molecule is CCCC(C(=O)OO)N1C(=O)c2ccccc2C1=O. The van der Waals surface area contributed by atoms with E-state index < -0.39 is 23.8 Å². The Bertz CT molecular complexity index is 505. The summed E-state index contributed by atoms with van der Waals surface area (Å²) in [5.74, 6) is -2.08. The van der Waals surface area contributed by atoms with Gasteiger partial charge in [0.05, 0.1) is 11.1 Å². The van der Waals surface area contributed by atoms with Gasteiger partial charge in [-0.25, -0.2) is 4.79 Å². The van der Waals surface area contributed by atoms with Crippen molar-refractivity contribution in [1.82, 2.24) is 4.90 Å². The van der Waals surface area contributed by atoms with Crippen LogP contribution in [0.5, 0.6) is 0 Å². The number of carbonyl (C=O) groups is 3. The summed E-state index contributed by atoms with van der Waals surface area (Å²) in [7, 11) is 0. The molecular weight excluding hydrogens is 250 g/mol. The van der Waals surface area contributed by atoms with Gasteiger partial charge in [-0.1, -0.05) is 25.5 Å². The van der Waals surface area contributed by atoms with E-state index in [4.69, 9.17) is 5.26 Å².